The third-order valence-corrected chi connectivity index (χ3v) is 3.94. The van der Waals surface area contributed by atoms with E-state index in [0.29, 0.717) is 17.6 Å². The monoisotopic (exact) mass is 275 g/mol. The van der Waals surface area contributed by atoms with Crippen molar-refractivity contribution in [3.8, 4) is 0 Å². The third-order valence-electron chi connectivity index (χ3n) is 3.94. The molecule has 1 amide bonds. The van der Waals surface area contributed by atoms with E-state index in [1.54, 1.807) is 12.1 Å². The fourth-order valence-electron chi connectivity index (χ4n) is 2.75. The van der Waals surface area contributed by atoms with Crippen LogP contribution in [0.3, 0.4) is 0 Å². The number of carbonyl (C=O) groups excluding carboxylic acids is 1. The molecular weight excluding hydrogens is 250 g/mol. The molecule has 110 valence electrons. The number of piperidine rings is 1. The summed E-state index contributed by atoms with van der Waals surface area (Å²) in [6.07, 6.45) is 3.83. The number of hydrogen-bond acceptors (Lipinski definition) is 3. The average molecular weight is 275 g/mol. The lowest BCUT2D eigenvalue weighted by Crippen LogP contribution is -2.46. The molecule has 0 aliphatic carbocycles. The average Bonchev–Trinajstić information content (AvgIpc) is 2.45. The second-order valence-corrected chi connectivity index (χ2v) is 5.80. The van der Waals surface area contributed by atoms with E-state index in [1.807, 2.05) is 12.1 Å². The molecule has 1 aliphatic heterocycles. The van der Waals surface area contributed by atoms with Crippen LogP contribution in [-0.2, 0) is 0 Å². The molecule has 4 heteroatoms. The van der Waals surface area contributed by atoms with E-state index in [-0.39, 0.29) is 5.91 Å². The lowest BCUT2D eigenvalue weighted by Gasteiger charge is -2.35. The number of rotatable bonds is 5. The Balaban J connectivity index is 2.09. The van der Waals surface area contributed by atoms with E-state index in [1.165, 1.54) is 19.3 Å². The van der Waals surface area contributed by atoms with Gasteiger partial charge in [0, 0.05) is 29.9 Å². The zero-order chi connectivity index (χ0) is 14.5. The summed E-state index contributed by atoms with van der Waals surface area (Å²) in [6, 6.07) is 8.58. The summed E-state index contributed by atoms with van der Waals surface area (Å²) in [4.78, 5) is 13.5. The first-order valence-corrected chi connectivity index (χ1v) is 7.48. The number of primary amides is 1. The fraction of sp³-hybridized carbons (Fsp3) is 0.562. The summed E-state index contributed by atoms with van der Waals surface area (Å²) in [7, 11) is 0. The molecule has 2 rings (SSSR count). The highest BCUT2D eigenvalue weighted by atomic mass is 16.1. The summed E-state index contributed by atoms with van der Waals surface area (Å²) < 4.78 is 0. The van der Waals surface area contributed by atoms with Crippen molar-refractivity contribution in [3.05, 3.63) is 29.8 Å². The van der Waals surface area contributed by atoms with Gasteiger partial charge in [-0.2, -0.15) is 0 Å². The molecule has 1 saturated heterocycles. The number of nitrogens with one attached hydrogen (secondary N) is 1. The minimum absolute atomic E-state index is 0.374. The number of benzene rings is 1. The summed E-state index contributed by atoms with van der Waals surface area (Å²) in [5.41, 5.74) is 7.00. The van der Waals surface area contributed by atoms with Crippen LogP contribution in [0.2, 0.25) is 0 Å². The van der Waals surface area contributed by atoms with Gasteiger partial charge in [0.15, 0.2) is 0 Å². The van der Waals surface area contributed by atoms with E-state index in [0.717, 1.165) is 18.8 Å². The molecule has 1 unspecified atom stereocenters. The van der Waals surface area contributed by atoms with E-state index >= 15 is 0 Å². The van der Waals surface area contributed by atoms with Crippen molar-refractivity contribution in [2.45, 2.75) is 45.2 Å². The quantitative estimate of drug-likeness (QED) is 0.865. The van der Waals surface area contributed by atoms with Gasteiger partial charge in [-0.15, -0.1) is 0 Å². The minimum atomic E-state index is -0.374. The van der Waals surface area contributed by atoms with Crippen molar-refractivity contribution in [1.29, 1.82) is 0 Å². The van der Waals surface area contributed by atoms with Gasteiger partial charge in [-0.3, -0.25) is 4.79 Å². The maximum atomic E-state index is 11.1. The van der Waals surface area contributed by atoms with Gasteiger partial charge < -0.3 is 16.0 Å². The van der Waals surface area contributed by atoms with Gasteiger partial charge in [-0.05, 0) is 57.5 Å². The molecule has 1 aromatic rings. The maximum absolute atomic E-state index is 11.1. The van der Waals surface area contributed by atoms with Gasteiger partial charge in [0.1, 0.15) is 0 Å². The van der Waals surface area contributed by atoms with Crippen molar-refractivity contribution >= 4 is 11.6 Å². The first-order valence-electron chi connectivity index (χ1n) is 7.48. The van der Waals surface area contributed by atoms with Crippen LogP contribution in [0.4, 0.5) is 5.69 Å². The summed E-state index contributed by atoms with van der Waals surface area (Å²) in [6.45, 7) is 6.53. The first-order chi connectivity index (χ1) is 9.58. The molecule has 1 heterocycles. The Morgan fingerprint density at radius 2 is 2.05 bits per heavy atom. The molecule has 0 bridgehead atoms. The zero-order valence-corrected chi connectivity index (χ0v) is 12.4. The van der Waals surface area contributed by atoms with Crippen molar-refractivity contribution in [3.63, 3.8) is 0 Å². The Labute approximate surface area is 121 Å². The van der Waals surface area contributed by atoms with Gasteiger partial charge in [0.25, 0.3) is 0 Å². The minimum Gasteiger partial charge on any atom is -0.368 e. The number of hydrogen-bond donors (Lipinski definition) is 2. The number of amides is 1. The van der Waals surface area contributed by atoms with Crippen molar-refractivity contribution in [1.82, 2.24) is 5.32 Å². The molecule has 0 aromatic heterocycles. The van der Waals surface area contributed by atoms with Crippen LogP contribution < -0.4 is 16.0 Å². The maximum Gasteiger partial charge on any atom is 0.248 e. The topological polar surface area (TPSA) is 58.4 Å². The summed E-state index contributed by atoms with van der Waals surface area (Å²) in [5, 5.41) is 3.59. The van der Waals surface area contributed by atoms with Crippen LogP contribution in [0.25, 0.3) is 0 Å². The molecule has 0 radical (unpaired) electrons. The Morgan fingerprint density at radius 1 is 1.35 bits per heavy atom. The van der Waals surface area contributed by atoms with E-state index in [4.69, 9.17) is 5.73 Å². The number of nitrogens with zero attached hydrogens (tertiary/aromatic N) is 1. The molecular formula is C16H25N3O. The van der Waals surface area contributed by atoms with Crippen LogP contribution in [-0.4, -0.2) is 31.1 Å². The number of carbonyl (C=O) groups is 1. The standard InChI is InChI=1S/C16H25N3O/c1-12(2)19(11-14-5-3-4-10-18-14)15-8-6-13(7-9-15)16(17)20/h6-9,12,14,18H,3-5,10-11H2,1-2H3,(H2,17,20). The molecule has 1 aromatic carbocycles. The van der Waals surface area contributed by atoms with Crippen LogP contribution in [0.1, 0.15) is 43.5 Å². The van der Waals surface area contributed by atoms with Crippen LogP contribution in [0.15, 0.2) is 24.3 Å². The Bertz CT molecular complexity index is 436. The lowest BCUT2D eigenvalue weighted by molar-refractivity contribution is 0.100. The van der Waals surface area contributed by atoms with Crippen LogP contribution in [0, 0.1) is 0 Å². The second-order valence-electron chi connectivity index (χ2n) is 5.80. The molecule has 0 spiro atoms. The van der Waals surface area contributed by atoms with Gasteiger partial charge in [0.2, 0.25) is 5.91 Å². The highest BCUT2D eigenvalue weighted by molar-refractivity contribution is 5.93. The van der Waals surface area contributed by atoms with Gasteiger partial charge in [-0.25, -0.2) is 0 Å². The first kappa shape index (κ1) is 14.9. The number of nitrogens with two attached hydrogens (primary N) is 1. The van der Waals surface area contributed by atoms with Crippen molar-refractivity contribution in [2.24, 2.45) is 5.73 Å². The fourth-order valence-corrected chi connectivity index (χ4v) is 2.75. The Kier molecular flexibility index (Phi) is 5.01. The molecule has 0 saturated carbocycles. The summed E-state index contributed by atoms with van der Waals surface area (Å²) in [5.74, 6) is -0.374. The molecule has 3 N–H and O–H groups in total. The molecule has 1 fully saturated rings. The Morgan fingerprint density at radius 3 is 2.55 bits per heavy atom. The largest absolute Gasteiger partial charge is 0.368 e. The molecule has 1 atom stereocenters. The SMILES string of the molecule is CC(C)N(CC1CCCCN1)c1ccc(C(N)=O)cc1. The van der Waals surface area contributed by atoms with Crippen molar-refractivity contribution in [2.75, 3.05) is 18.0 Å². The van der Waals surface area contributed by atoms with E-state index in [2.05, 4.69) is 24.1 Å². The van der Waals surface area contributed by atoms with E-state index < -0.39 is 0 Å². The molecule has 20 heavy (non-hydrogen) atoms. The third kappa shape index (κ3) is 3.73. The normalized spacial score (nSPS) is 19.1. The highest BCUT2D eigenvalue weighted by Gasteiger charge is 2.19. The smallest absolute Gasteiger partial charge is 0.248 e. The number of anilines is 1. The zero-order valence-electron chi connectivity index (χ0n) is 12.4. The molecule has 4 nitrogen and oxygen atoms in total. The van der Waals surface area contributed by atoms with Gasteiger partial charge >= 0.3 is 0 Å². The Hall–Kier alpha value is -1.55. The van der Waals surface area contributed by atoms with Gasteiger partial charge in [0.05, 0.1) is 0 Å². The van der Waals surface area contributed by atoms with E-state index in [9.17, 15) is 4.79 Å². The second kappa shape index (κ2) is 6.75. The van der Waals surface area contributed by atoms with Crippen LogP contribution >= 0.6 is 0 Å². The highest BCUT2D eigenvalue weighted by Crippen LogP contribution is 2.20. The lowest BCUT2D eigenvalue weighted by atomic mass is 10.0. The predicted octanol–water partition coefficient (Wildman–Crippen LogP) is 2.14. The van der Waals surface area contributed by atoms with Crippen LogP contribution in [0.5, 0.6) is 0 Å². The summed E-state index contributed by atoms with van der Waals surface area (Å²) >= 11 is 0. The predicted molar refractivity (Wildman–Crippen MR) is 83.1 cm³/mol. The molecule has 1 aliphatic rings. The van der Waals surface area contributed by atoms with Gasteiger partial charge in [-0.1, -0.05) is 6.42 Å². The van der Waals surface area contributed by atoms with Crippen molar-refractivity contribution < 1.29 is 4.79 Å².